The van der Waals surface area contributed by atoms with E-state index in [0.717, 1.165) is 0 Å². The number of halogens is 1. The number of nitrogens with one attached hydrogen (secondary N) is 1. The summed E-state index contributed by atoms with van der Waals surface area (Å²) in [5, 5.41) is 2.49. The van der Waals surface area contributed by atoms with E-state index in [1.165, 1.54) is 18.2 Å². The van der Waals surface area contributed by atoms with E-state index >= 15 is 0 Å². The lowest BCUT2D eigenvalue weighted by molar-refractivity contribution is -0.113. The van der Waals surface area contributed by atoms with Crippen molar-refractivity contribution >= 4 is 22.4 Å². The van der Waals surface area contributed by atoms with Crippen molar-refractivity contribution in [1.82, 2.24) is 0 Å². The second kappa shape index (κ2) is 6.06. The minimum atomic E-state index is -1.33. The molecule has 0 aliphatic heterocycles. The Bertz CT molecular complexity index is 458. The summed E-state index contributed by atoms with van der Waals surface area (Å²) in [6.45, 7) is 3.49. The number of hydrogen-bond acceptors (Lipinski definition) is 3. The molecule has 4 nitrogen and oxygen atoms in total. The van der Waals surface area contributed by atoms with Crippen LogP contribution in [0.3, 0.4) is 0 Å². The number of carbonyl (C=O) groups excluding carboxylic acids is 1. The third-order valence-electron chi connectivity index (χ3n) is 1.93. The van der Waals surface area contributed by atoms with Crippen molar-refractivity contribution in [3.05, 3.63) is 30.1 Å². The molecule has 0 saturated carbocycles. The molecule has 0 aliphatic rings. The van der Waals surface area contributed by atoms with E-state index < -0.39 is 28.1 Å². The number of hydrogen-bond donors (Lipinski definition) is 2. The first-order valence-corrected chi connectivity index (χ1v) is 6.94. The maximum atomic E-state index is 12.9. The van der Waals surface area contributed by atoms with Crippen molar-refractivity contribution in [2.75, 3.05) is 16.8 Å². The Hall–Kier alpha value is -1.27. The van der Waals surface area contributed by atoms with Gasteiger partial charge in [-0.2, -0.15) is 0 Å². The smallest absolute Gasteiger partial charge is 0.236 e. The first-order chi connectivity index (χ1) is 8.26. The molecule has 0 radical (unpaired) electrons. The van der Waals surface area contributed by atoms with Gasteiger partial charge in [0.2, 0.25) is 5.91 Å². The monoisotopic (exact) mass is 272 g/mol. The molecule has 0 bridgehead atoms. The molecule has 1 rings (SSSR count). The van der Waals surface area contributed by atoms with Gasteiger partial charge in [0, 0.05) is 27.8 Å². The normalized spacial score (nSPS) is 13.1. The first-order valence-electron chi connectivity index (χ1n) is 5.45. The molecule has 0 heterocycles. The van der Waals surface area contributed by atoms with Crippen LogP contribution in [0.1, 0.15) is 13.8 Å². The van der Waals surface area contributed by atoms with Crippen LogP contribution in [0.5, 0.6) is 0 Å². The number of nitrogens with two attached hydrogens (primary N) is 1. The maximum Gasteiger partial charge on any atom is 0.236 e. The summed E-state index contributed by atoms with van der Waals surface area (Å²) >= 11 is 0. The molecule has 100 valence electrons. The van der Waals surface area contributed by atoms with Crippen LogP contribution in [0.25, 0.3) is 0 Å². The maximum absolute atomic E-state index is 12.9. The van der Waals surface area contributed by atoms with Crippen molar-refractivity contribution in [2.24, 2.45) is 5.73 Å². The zero-order valence-electron chi connectivity index (χ0n) is 10.4. The van der Waals surface area contributed by atoms with Gasteiger partial charge < -0.3 is 11.1 Å². The molecule has 0 fully saturated rings. The summed E-state index contributed by atoms with van der Waals surface area (Å²) in [7, 11) is -1.33. The Morgan fingerprint density at radius 2 is 2.17 bits per heavy atom. The molecule has 0 aliphatic carbocycles. The average molecular weight is 272 g/mol. The fraction of sp³-hybridized carbons (Fsp3) is 0.417. The van der Waals surface area contributed by atoms with Gasteiger partial charge in [-0.3, -0.25) is 9.00 Å². The highest BCUT2D eigenvalue weighted by Gasteiger charge is 2.17. The van der Waals surface area contributed by atoms with Gasteiger partial charge in [-0.15, -0.1) is 0 Å². The second-order valence-corrected chi connectivity index (χ2v) is 6.23. The van der Waals surface area contributed by atoms with Crippen LogP contribution >= 0.6 is 0 Å². The first kappa shape index (κ1) is 14.8. The molecule has 18 heavy (non-hydrogen) atoms. The third kappa shape index (κ3) is 5.88. The van der Waals surface area contributed by atoms with Crippen molar-refractivity contribution < 1.29 is 13.4 Å². The van der Waals surface area contributed by atoms with Gasteiger partial charge in [0.25, 0.3) is 0 Å². The van der Waals surface area contributed by atoms with Crippen LogP contribution in [0.15, 0.2) is 24.3 Å². The minimum absolute atomic E-state index is 0.142. The molecular formula is C12H17FN2O2S. The van der Waals surface area contributed by atoms with E-state index in [9.17, 15) is 13.4 Å². The minimum Gasteiger partial charge on any atom is -0.325 e. The molecule has 1 unspecified atom stereocenters. The number of amides is 1. The highest BCUT2D eigenvalue weighted by molar-refractivity contribution is 7.85. The molecule has 0 spiro atoms. The van der Waals surface area contributed by atoms with Gasteiger partial charge in [0.15, 0.2) is 0 Å². The predicted octanol–water partition coefficient (Wildman–Crippen LogP) is 1.25. The molecule has 6 heteroatoms. The second-order valence-electron chi connectivity index (χ2n) is 4.78. The van der Waals surface area contributed by atoms with Gasteiger partial charge in [-0.05, 0) is 32.0 Å². The lowest BCUT2D eigenvalue weighted by Gasteiger charge is -2.17. The summed E-state index contributed by atoms with van der Waals surface area (Å²) in [5.74, 6) is -0.749. The molecule has 1 aromatic rings. The quantitative estimate of drug-likeness (QED) is 0.847. The van der Waals surface area contributed by atoms with Crippen LogP contribution in [-0.4, -0.2) is 27.2 Å². The topological polar surface area (TPSA) is 72.2 Å². The van der Waals surface area contributed by atoms with Crippen LogP contribution in [0, 0.1) is 5.82 Å². The van der Waals surface area contributed by atoms with Gasteiger partial charge in [0.05, 0.1) is 0 Å². The Labute approximate surface area is 108 Å². The van der Waals surface area contributed by atoms with Crippen LogP contribution in [0.2, 0.25) is 0 Å². The van der Waals surface area contributed by atoms with Crippen LogP contribution < -0.4 is 11.1 Å². The van der Waals surface area contributed by atoms with E-state index in [1.807, 2.05) is 0 Å². The Morgan fingerprint density at radius 1 is 1.50 bits per heavy atom. The molecule has 0 aromatic heterocycles. The summed E-state index contributed by atoms with van der Waals surface area (Å²) in [4.78, 5) is 11.6. The molecule has 3 N–H and O–H groups in total. The van der Waals surface area contributed by atoms with Crippen LogP contribution in [0.4, 0.5) is 10.1 Å². The van der Waals surface area contributed by atoms with Gasteiger partial charge >= 0.3 is 0 Å². The Balaban J connectivity index is 2.50. The van der Waals surface area contributed by atoms with Crippen molar-refractivity contribution in [1.29, 1.82) is 0 Å². The summed E-state index contributed by atoms with van der Waals surface area (Å²) in [6.07, 6.45) is 0. The Morgan fingerprint density at radius 3 is 2.72 bits per heavy atom. The number of rotatable bonds is 5. The number of carbonyl (C=O) groups is 1. The van der Waals surface area contributed by atoms with Gasteiger partial charge in [-0.25, -0.2) is 4.39 Å². The molecule has 1 atom stereocenters. The number of anilines is 1. The van der Waals surface area contributed by atoms with Crippen molar-refractivity contribution in [3.8, 4) is 0 Å². The zero-order valence-corrected chi connectivity index (χ0v) is 11.2. The van der Waals surface area contributed by atoms with E-state index in [-0.39, 0.29) is 11.5 Å². The summed E-state index contributed by atoms with van der Waals surface area (Å²) < 4.78 is 24.5. The molecule has 1 amide bonds. The number of benzene rings is 1. The Kier molecular flexibility index (Phi) is 4.98. The predicted molar refractivity (Wildman–Crippen MR) is 71.2 cm³/mol. The fourth-order valence-electron chi connectivity index (χ4n) is 1.38. The fourth-order valence-corrected chi connectivity index (χ4v) is 2.67. The average Bonchev–Trinajstić information content (AvgIpc) is 2.13. The third-order valence-corrected chi connectivity index (χ3v) is 3.58. The van der Waals surface area contributed by atoms with E-state index in [2.05, 4.69) is 5.32 Å². The molecular weight excluding hydrogens is 255 g/mol. The molecule has 1 aromatic carbocycles. The van der Waals surface area contributed by atoms with Crippen molar-refractivity contribution in [2.45, 2.75) is 19.4 Å². The standard InChI is InChI=1S/C12H17FN2O2S/c1-12(2,14)8-18(17)7-11(16)15-10-5-3-4-9(13)6-10/h3-6H,7-8,14H2,1-2H3,(H,15,16). The van der Waals surface area contributed by atoms with Gasteiger partial charge in [-0.1, -0.05) is 6.07 Å². The lowest BCUT2D eigenvalue weighted by Crippen LogP contribution is -2.39. The van der Waals surface area contributed by atoms with E-state index in [4.69, 9.17) is 5.73 Å². The van der Waals surface area contributed by atoms with Crippen molar-refractivity contribution in [3.63, 3.8) is 0 Å². The highest BCUT2D eigenvalue weighted by Crippen LogP contribution is 2.09. The van der Waals surface area contributed by atoms with E-state index in [0.29, 0.717) is 5.69 Å². The SMILES string of the molecule is CC(C)(N)CS(=O)CC(=O)Nc1cccc(F)c1. The van der Waals surface area contributed by atoms with Gasteiger partial charge in [0.1, 0.15) is 11.6 Å². The molecule has 0 saturated heterocycles. The van der Waals surface area contributed by atoms with Crippen LogP contribution in [-0.2, 0) is 15.6 Å². The highest BCUT2D eigenvalue weighted by atomic mass is 32.2. The summed E-state index contributed by atoms with van der Waals surface area (Å²) in [5.41, 5.74) is 5.48. The largest absolute Gasteiger partial charge is 0.325 e. The summed E-state index contributed by atoms with van der Waals surface area (Å²) in [6, 6.07) is 5.54. The zero-order chi connectivity index (χ0) is 13.8. The van der Waals surface area contributed by atoms with E-state index in [1.54, 1.807) is 19.9 Å². The lowest BCUT2D eigenvalue weighted by atomic mass is 10.1.